The normalized spacial score (nSPS) is 15.4. The van der Waals surface area contributed by atoms with Gasteiger partial charge in [0.2, 0.25) is 10.0 Å². The van der Waals surface area contributed by atoms with Crippen LogP contribution in [0.3, 0.4) is 0 Å². The fourth-order valence-corrected chi connectivity index (χ4v) is 4.13. The summed E-state index contributed by atoms with van der Waals surface area (Å²) in [6.07, 6.45) is 1.82. The van der Waals surface area contributed by atoms with Gasteiger partial charge in [0.15, 0.2) is 0 Å². The number of sulfonamides is 1. The summed E-state index contributed by atoms with van der Waals surface area (Å²) >= 11 is 0. The van der Waals surface area contributed by atoms with Gasteiger partial charge in [0.25, 0.3) is 5.91 Å². The van der Waals surface area contributed by atoms with Crippen LogP contribution >= 0.6 is 0 Å². The molecule has 2 aliphatic carbocycles. The van der Waals surface area contributed by atoms with E-state index in [-0.39, 0.29) is 10.8 Å². The van der Waals surface area contributed by atoms with E-state index >= 15 is 0 Å². The molecule has 0 aromatic heterocycles. The summed E-state index contributed by atoms with van der Waals surface area (Å²) in [5.74, 6) is -0.237. The maximum absolute atomic E-state index is 12.5. The van der Waals surface area contributed by atoms with Crippen molar-refractivity contribution in [2.24, 2.45) is 0 Å². The first kappa shape index (κ1) is 17.5. The third-order valence-electron chi connectivity index (χ3n) is 4.68. The van der Waals surface area contributed by atoms with Gasteiger partial charge in [0.1, 0.15) is 0 Å². The lowest BCUT2D eigenvalue weighted by molar-refractivity contribution is -0.110. The molecule has 0 bridgehead atoms. The lowest BCUT2D eigenvalue weighted by Crippen LogP contribution is -2.22. The lowest BCUT2D eigenvalue weighted by atomic mass is 10.0. The molecule has 1 aromatic rings. The molecule has 1 amide bonds. The summed E-state index contributed by atoms with van der Waals surface area (Å²) in [6.45, 7) is 0. The van der Waals surface area contributed by atoms with E-state index in [1.165, 1.54) is 20.2 Å². The second-order valence-electron chi connectivity index (χ2n) is 6.58. The van der Waals surface area contributed by atoms with Crippen LogP contribution in [0.1, 0.15) is 11.1 Å². The Hall–Kier alpha value is -2.96. The Morgan fingerprint density at radius 2 is 1.70 bits per heavy atom. The molecule has 27 heavy (non-hydrogen) atoms. The number of nitrogens with one attached hydrogen (secondary N) is 1. The number of rotatable bonds is 3. The Labute approximate surface area is 158 Å². The molecule has 0 atom stereocenters. The fraction of sp³-hybridized carbons (Fsp3) is 0.0952. The van der Waals surface area contributed by atoms with Crippen molar-refractivity contribution < 1.29 is 13.2 Å². The number of hydrogen-bond acceptors (Lipinski definition) is 3. The Balaban J connectivity index is 1.85. The van der Waals surface area contributed by atoms with Gasteiger partial charge in [0.05, 0.1) is 4.90 Å². The molecule has 0 fully saturated rings. The zero-order valence-electron chi connectivity index (χ0n) is 14.9. The van der Waals surface area contributed by atoms with E-state index in [0.717, 1.165) is 21.0 Å². The summed E-state index contributed by atoms with van der Waals surface area (Å²) in [7, 11) is -0.608. The van der Waals surface area contributed by atoms with Crippen LogP contribution in [-0.2, 0) is 14.8 Å². The fourth-order valence-electron chi connectivity index (χ4n) is 3.20. The van der Waals surface area contributed by atoms with Gasteiger partial charge in [-0.25, -0.2) is 12.7 Å². The minimum Gasteiger partial charge on any atom is -0.321 e. The van der Waals surface area contributed by atoms with E-state index in [9.17, 15) is 13.2 Å². The van der Waals surface area contributed by atoms with E-state index in [1.54, 1.807) is 12.1 Å². The standard InChI is InChI=1S/C21H18N2O3S/c1-23(2)27(25,26)16-10-11-20-18(13-16)19(21(24)22-20)12-15-9-8-14-6-4-3-5-7-17(14)15/h3-13H,1-2H3,(H,22,24)/b19-12+. The van der Waals surface area contributed by atoms with Gasteiger partial charge in [-0.1, -0.05) is 42.5 Å². The first-order valence-corrected chi connectivity index (χ1v) is 9.90. The molecule has 3 aliphatic rings. The molecule has 1 N–H and O–H groups in total. The van der Waals surface area contributed by atoms with Crippen molar-refractivity contribution in [2.75, 3.05) is 19.4 Å². The summed E-state index contributed by atoms with van der Waals surface area (Å²) in [4.78, 5) is 12.7. The highest BCUT2D eigenvalue weighted by Gasteiger charge is 2.27. The van der Waals surface area contributed by atoms with Gasteiger partial charge < -0.3 is 5.32 Å². The molecule has 1 heterocycles. The van der Waals surface area contributed by atoms with Crippen molar-refractivity contribution in [2.45, 2.75) is 4.90 Å². The second-order valence-corrected chi connectivity index (χ2v) is 8.73. The van der Waals surface area contributed by atoms with Gasteiger partial charge in [-0.05, 0) is 41.0 Å². The molecule has 1 aromatic carbocycles. The van der Waals surface area contributed by atoms with Crippen LogP contribution in [0.15, 0.2) is 65.6 Å². The van der Waals surface area contributed by atoms with Crippen molar-refractivity contribution in [1.29, 1.82) is 0 Å². The van der Waals surface area contributed by atoms with Crippen LogP contribution in [0.5, 0.6) is 0 Å². The van der Waals surface area contributed by atoms with Crippen molar-refractivity contribution in [3.63, 3.8) is 0 Å². The number of nitrogens with zero attached hydrogens (tertiary/aromatic N) is 1. The Morgan fingerprint density at radius 3 is 2.48 bits per heavy atom. The van der Waals surface area contributed by atoms with Gasteiger partial charge in [-0.15, -0.1) is 0 Å². The molecule has 0 unspecified atom stereocenters. The van der Waals surface area contributed by atoms with E-state index < -0.39 is 10.0 Å². The number of anilines is 1. The van der Waals surface area contributed by atoms with Crippen LogP contribution in [-0.4, -0.2) is 32.7 Å². The average Bonchev–Trinajstić information content (AvgIpc) is 3.05. The Kier molecular flexibility index (Phi) is 4.09. The number of carbonyl (C=O) groups is 1. The first-order valence-electron chi connectivity index (χ1n) is 8.46. The largest absolute Gasteiger partial charge is 0.321 e. The van der Waals surface area contributed by atoms with Crippen LogP contribution < -0.4 is 5.32 Å². The zero-order valence-corrected chi connectivity index (χ0v) is 15.7. The minimum atomic E-state index is -3.58. The van der Waals surface area contributed by atoms with E-state index in [1.807, 2.05) is 48.5 Å². The van der Waals surface area contributed by atoms with Gasteiger partial charge >= 0.3 is 0 Å². The Morgan fingerprint density at radius 1 is 0.926 bits per heavy atom. The maximum Gasteiger partial charge on any atom is 0.256 e. The van der Waals surface area contributed by atoms with Crippen LogP contribution in [0.4, 0.5) is 5.69 Å². The third-order valence-corrected chi connectivity index (χ3v) is 6.49. The SMILES string of the molecule is CN(C)S(=O)(=O)c1ccc2c(c1)/C(=C\c1ccc3cccccc1-3)C(=O)N2. The lowest BCUT2D eigenvalue weighted by Gasteiger charge is -2.12. The topological polar surface area (TPSA) is 66.5 Å². The van der Waals surface area contributed by atoms with E-state index in [4.69, 9.17) is 0 Å². The maximum atomic E-state index is 12.5. The highest BCUT2D eigenvalue weighted by molar-refractivity contribution is 7.89. The van der Waals surface area contributed by atoms with Gasteiger partial charge in [0, 0.05) is 30.9 Å². The average molecular weight is 378 g/mol. The van der Waals surface area contributed by atoms with Crippen LogP contribution in [0, 0.1) is 0 Å². The smallest absolute Gasteiger partial charge is 0.256 e. The number of amides is 1. The monoisotopic (exact) mass is 378 g/mol. The van der Waals surface area contributed by atoms with E-state index in [2.05, 4.69) is 5.32 Å². The molecule has 0 saturated heterocycles. The van der Waals surface area contributed by atoms with Crippen molar-refractivity contribution >= 4 is 33.3 Å². The molecular weight excluding hydrogens is 360 g/mol. The highest BCUT2D eigenvalue weighted by Crippen LogP contribution is 2.37. The minimum absolute atomic E-state index is 0.160. The predicted molar refractivity (Wildman–Crippen MR) is 107 cm³/mol. The summed E-state index contributed by atoms with van der Waals surface area (Å²) in [5, 5.41) is 2.81. The van der Waals surface area contributed by atoms with Crippen molar-refractivity contribution in [1.82, 2.24) is 4.31 Å². The summed E-state index contributed by atoms with van der Waals surface area (Å²) < 4.78 is 26.1. The molecular formula is C21H18N2O3S. The molecule has 0 radical (unpaired) electrons. The summed E-state index contributed by atoms with van der Waals surface area (Å²) in [6, 6.07) is 18.6. The third kappa shape index (κ3) is 2.93. The number of carbonyl (C=O) groups excluding carboxylic acids is 1. The summed E-state index contributed by atoms with van der Waals surface area (Å²) in [5.41, 5.74) is 4.70. The second kappa shape index (κ2) is 6.33. The highest BCUT2D eigenvalue weighted by atomic mass is 32.2. The number of benzene rings is 1. The zero-order chi connectivity index (χ0) is 19.2. The molecule has 0 saturated carbocycles. The Bertz CT molecular complexity index is 1160. The van der Waals surface area contributed by atoms with Gasteiger partial charge in [-0.2, -0.15) is 0 Å². The van der Waals surface area contributed by atoms with Crippen molar-refractivity contribution in [3.05, 3.63) is 71.8 Å². The van der Waals surface area contributed by atoms with Crippen molar-refractivity contribution in [3.8, 4) is 11.1 Å². The first-order chi connectivity index (χ1) is 12.9. The molecule has 0 spiro atoms. The molecule has 6 heteroatoms. The molecule has 136 valence electrons. The van der Waals surface area contributed by atoms with E-state index in [0.29, 0.717) is 16.8 Å². The van der Waals surface area contributed by atoms with Crippen LogP contribution in [0.2, 0.25) is 0 Å². The number of hydrogen-bond donors (Lipinski definition) is 1. The van der Waals surface area contributed by atoms with Crippen LogP contribution in [0.25, 0.3) is 22.8 Å². The van der Waals surface area contributed by atoms with Gasteiger partial charge in [-0.3, -0.25) is 4.79 Å². The quantitative estimate of drug-likeness (QED) is 0.709. The molecule has 1 aliphatic heterocycles. The predicted octanol–water partition coefficient (Wildman–Crippen LogP) is 3.53. The number of fused-ring (bicyclic) bond motifs is 2. The molecule has 4 rings (SSSR count). The molecule has 5 nitrogen and oxygen atoms in total.